The molecule has 0 amide bonds. The van der Waals surface area contributed by atoms with Crippen LogP contribution in [-0.2, 0) is 9.47 Å². The zero-order chi connectivity index (χ0) is 11.9. The quantitative estimate of drug-likeness (QED) is 0.767. The van der Waals surface area contributed by atoms with E-state index in [2.05, 4.69) is 21.1 Å². The maximum atomic E-state index is 5.38. The Morgan fingerprint density at radius 2 is 2.35 bits per heavy atom. The molecule has 0 saturated carbocycles. The summed E-state index contributed by atoms with van der Waals surface area (Å²) in [6.07, 6.45) is 7.05. The van der Waals surface area contributed by atoms with Gasteiger partial charge in [0.15, 0.2) is 0 Å². The molecule has 0 atom stereocenters. The molecule has 0 spiro atoms. The Morgan fingerprint density at radius 1 is 1.53 bits per heavy atom. The van der Waals surface area contributed by atoms with Gasteiger partial charge in [-0.3, -0.25) is 0 Å². The maximum absolute atomic E-state index is 5.38. The molecule has 0 radical (unpaired) electrons. The van der Waals surface area contributed by atoms with Gasteiger partial charge in [-0.15, -0.1) is 0 Å². The van der Waals surface area contributed by atoms with Crippen LogP contribution in [0.15, 0.2) is 12.4 Å². The lowest BCUT2D eigenvalue weighted by Crippen LogP contribution is -2.21. The highest BCUT2D eigenvalue weighted by Crippen LogP contribution is 2.23. The van der Waals surface area contributed by atoms with Crippen LogP contribution in [-0.4, -0.2) is 43.0 Å². The zero-order valence-corrected chi connectivity index (χ0v) is 10.4. The average molecular weight is 239 g/mol. The minimum atomic E-state index is 0.524. The van der Waals surface area contributed by atoms with E-state index in [4.69, 9.17) is 9.47 Å². The lowest BCUT2D eigenvalue weighted by atomic mass is 10.1. The van der Waals surface area contributed by atoms with Gasteiger partial charge in [-0.25, -0.2) is 4.98 Å². The highest BCUT2D eigenvalue weighted by atomic mass is 16.5. The SMILES string of the molecule is COCCCNc1nccn1C1CCOCC1. The Kier molecular flexibility index (Phi) is 4.82. The monoisotopic (exact) mass is 239 g/mol. The van der Waals surface area contributed by atoms with Crippen LogP contribution in [0.4, 0.5) is 5.95 Å². The number of methoxy groups -OCH3 is 1. The fourth-order valence-electron chi connectivity index (χ4n) is 2.12. The lowest BCUT2D eigenvalue weighted by Gasteiger charge is -2.25. The molecular formula is C12H21N3O2. The average Bonchev–Trinajstić information content (AvgIpc) is 2.84. The normalized spacial score (nSPS) is 17.2. The van der Waals surface area contributed by atoms with Crippen molar-refractivity contribution in [2.45, 2.75) is 25.3 Å². The predicted molar refractivity (Wildman–Crippen MR) is 66.3 cm³/mol. The van der Waals surface area contributed by atoms with Crippen LogP contribution in [0.3, 0.4) is 0 Å². The van der Waals surface area contributed by atoms with Crippen LogP contribution in [0.1, 0.15) is 25.3 Å². The number of nitrogens with one attached hydrogen (secondary N) is 1. The number of aromatic nitrogens is 2. The van der Waals surface area contributed by atoms with E-state index in [1.54, 1.807) is 7.11 Å². The van der Waals surface area contributed by atoms with E-state index < -0.39 is 0 Å². The Labute approximate surface area is 102 Å². The predicted octanol–water partition coefficient (Wildman–Crippen LogP) is 1.68. The van der Waals surface area contributed by atoms with E-state index in [0.29, 0.717) is 6.04 Å². The molecule has 0 aliphatic carbocycles. The summed E-state index contributed by atoms with van der Waals surface area (Å²) in [5.74, 6) is 0.966. The third-order valence-electron chi connectivity index (χ3n) is 3.06. The second-order valence-electron chi connectivity index (χ2n) is 4.27. The van der Waals surface area contributed by atoms with Crippen molar-refractivity contribution in [1.82, 2.24) is 9.55 Å². The van der Waals surface area contributed by atoms with E-state index in [0.717, 1.165) is 51.6 Å². The summed E-state index contributed by atoms with van der Waals surface area (Å²) in [6.45, 7) is 3.39. The summed E-state index contributed by atoms with van der Waals surface area (Å²) in [5, 5.41) is 3.36. The Bertz CT molecular complexity index is 321. The van der Waals surface area contributed by atoms with E-state index in [9.17, 15) is 0 Å². The lowest BCUT2D eigenvalue weighted by molar-refractivity contribution is 0.0700. The molecule has 1 saturated heterocycles. The second kappa shape index (κ2) is 6.61. The molecule has 1 aliphatic heterocycles. The van der Waals surface area contributed by atoms with Crippen molar-refractivity contribution >= 4 is 5.95 Å². The molecule has 0 bridgehead atoms. The topological polar surface area (TPSA) is 48.3 Å². The standard InChI is InChI=1S/C12H21N3O2/c1-16-8-2-5-13-12-14-6-7-15(12)11-3-9-17-10-4-11/h6-7,11H,2-5,8-10H2,1H3,(H,13,14). The van der Waals surface area contributed by atoms with Gasteiger partial charge in [0, 0.05) is 51.9 Å². The first-order valence-corrected chi connectivity index (χ1v) is 6.25. The summed E-state index contributed by atoms with van der Waals surface area (Å²) < 4.78 is 12.6. The summed E-state index contributed by atoms with van der Waals surface area (Å²) in [7, 11) is 1.73. The highest BCUT2D eigenvalue weighted by molar-refractivity contribution is 5.26. The van der Waals surface area contributed by atoms with Gasteiger partial charge in [0.05, 0.1) is 0 Å². The van der Waals surface area contributed by atoms with Gasteiger partial charge in [-0.1, -0.05) is 0 Å². The van der Waals surface area contributed by atoms with Gasteiger partial charge in [0.2, 0.25) is 5.95 Å². The Morgan fingerprint density at radius 3 is 3.12 bits per heavy atom. The van der Waals surface area contributed by atoms with Crippen LogP contribution in [0.25, 0.3) is 0 Å². The van der Waals surface area contributed by atoms with Crippen LogP contribution in [0, 0.1) is 0 Å². The third kappa shape index (κ3) is 3.44. The minimum Gasteiger partial charge on any atom is -0.385 e. The Hall–Kier alpha value is -1.07. The minimum absolute atomic E-state index is 0.524. The van der Waals surface area contributed by atoms with E-state index in [1.165, 1.54) is 0 Å². The van der Waals surface area contributed by atoms with Crippen LogP contribution >= 0.6 is 0 Å². The molecule has 0 aromatic carbocycles. The molecule has 5 nitrogen and oxygen atoms in total. The van der Waals surface area contributed by atoms with E-state index >= 15 is 0 Å². The fraction of sp³-hybridized carbons (Fsp3) is 0.750. The van der Waals surface area contributed by atoms with Crippen molar-refractivity contribution in [1.29, 1.82) is 0 Å². The largest absolute Gasteiger partial charge is 0.385 e. The number of nitrogens with zero attached hydrogens (tertiary/aromatic N) is 2. The van der Waals surface area contributed by atoms with E-state index in [1.807, 2.05) is 6.20 Å². The van der Waals surface area contributed by atoms with Crippen molar-refractivity contribution in [3.63, 3.8) is 0 Å². The molecule has 5 heteroatoms. The molecule has 2 rings (SSSR count). The molecule has 1 aromatic rings. The van der Waals surface area contributed by atoms with Gasteiger partial charge in [0.25, 0.3) is 0 Å². The molecule has 1 N–H and O–H groups in total. The Balaban J connectivity index is 1.87. The first-order chi connectivity index (χ1) is 8.42. The van der Waals surface area contributed by atoms with Crippen LogP contribution in [0.5, 0.6) is 0 Å². The number of hydrogen-bond acceptors (Lipinski definition) is 4. The first kappa shape index (κ1) is 12.4. The van der Waals surface area contributed by atoms with Crippen molar-refractivity contribution in [3.8, 4) is 0 Å². The fourth-order valence-corrected chi connectivity index (χ4v) is 2.12. The molecule has 96 valence electrons. The number of ether oxygens (including phenoxy) is 2. The number of rotatable bonds is 6. The van der Waals surface area contributed by atoms with Crippen molar-refractivity contribution < 1.29 is 9.47 Å². The van der Waals surface area contributed by atoms with Crippen molar-refractivity contribution in [2.24, 2.45) is 0 Å². The molecule has 1 fully saturated rings. The number of imidazole rings is 1. The summed E-state index contributed by atoms with van der Waals surface area (Å²) in [6, 6.07) is 0.524. The van der Waals surface area contributed by atoms with Crippen LogP contribution < -0.4 is 5.32 Å². The third-order valence-corrected chi connectivity index (χ3v) is 3.06. The maximum Gasteiger partial charge on any atom is 0.203 e. The van der Waals surface area contributed by atoms with Gasteiger partial charge in [-0.05, 0) is 19.3 Å². The number of anilines is 1. The highest BCUT2D eigenvalue weighted by Gasteiger charge is 2.17. The zero-order valence-electron chi connectivity index (χ0n) is 10.4. The van der Waals surface area contributed by atoms with E-state index in [-0.39, 0.29) is 0 Å². The molecule has 17 heavy (non-hydrogen) atoms. The number of hydrogen-bond donors (Lipinski definition) is 1. The first-order valence-electron chi connectivity index (χ1n) is 6.25. The summed E-state index contributed by atoms with van der Waals surface area (Å²) in [4.78, 5) is 4.36. The van der Waals surface area contributed by atoms with Crippen LogP contribution in [0.2, 0.25) is 0 Å². The van der Waals surface area contributed by atoms with Gasteiger partial charge < -0.3 is 19.4 Å². The molecule has 1 aliphatic rings. The molecule has 0 unspecified atom stereocenters. The summed E-state index contributed by atoms with van der Waals surface area (Å²) >= 11 is 0. The summed E-state index contributed by atoms with van der Waals surface area (Å²) in [5.41, 5.74) is 0. The van der Waals surface area contributed by atoms with Gasteiger partial charge in [0.1, 0.15) is 0 Å². The van der Waals surface area contributed by atoms with Crippen molar-refractivity contribution in [2.75, 3.05) is 38.8 Å². The smallest absolute Gasteiger partial charge is 0.203 e. The van der Waals surface area contributed by atoms with Gasteiger partial charge in [-0.2, -0.15) is 0 Å². The molecule has 1 aromatic heterocycles. The molecule has 2 heterocycles. The van der Waals surface area contributed by atoms with Crippen molar-refractivity contribution in [3.05, 3.63) is 12.4 Å². The second-order valence-corrected chi connectivity index (χ2v) is 4.27. The molecular weight excluding hydrogens is 218 g/mol. The van der Waals surface area contributed by atoms with Gasteiger partial charge >= 0.3 is 0 Å².